The summed E-state index contributed by atoms with van der Waals surface area (Å²) in [4.78, 5) is 9.95. The summed E-state index contributed by atoms with van der Waals surface area (Å²) in [6, 6.07) is 0. The van der Waals surface area contributed by atoms with E-state index in [2.05, 4.69) is 11.9 Å². The number of nitrogens with one attached hydrogen (secondary N) is 1. The van der Waals surface area contributed by atoms with Crippen LogP contribution in [-0.4, -0.2) is 31.7 Å². The predicted octanol–water partition coefficient (Wildman–Crippen LogP) is -3.14. The smallest absolute Gasteiger partial charge is 0.748 e. The van der Waals surface area contributed by atoms with Crippen molar-refractivity contribution < 1.29 is 47.3 Å². The molecule has 0 aromatic rings. The van der Waals surface area contributed by atoms with Crippen molar-refractivity contribution in [2.24, 2.45) is 0 Å². The molecule has 0 saturated heterocycles. The van der Waals surface area contributed by atoms with Crippen LogP contribution in [0.5, 0.6) is 0 Å². The fraction of sp³-hybridized carbons (Fsp3) is 0.571. The number of hydrogen-bond donors (Lipinski definition) is 1. The minimum absolute atomic E-state index is 0. The maximum atomic E-state index is 9.95. The third-order valence-electron chi connectivity index (χ3n) is 0.886. The van der Waals surface area contributed by atoms with Crippen LogP contribution < -0.4 is 34.9 Å². The first-order chi connectivity index (χ1) is 5.87. The molecule has 5 nitrogen and oxygen atoms in total. The molecule has 0 rings (SSSR count). The third-order valence-corrected chi connectivity index (χ3v) is 1.79. The number of likely N-dealkylation sites (N-methyl/N-ethyl adjacent to an activating group) is 1. The van der Waals surface area contributed by atoms with Gasteiger partial charge in [-0.05, 0) is 12.5 Å². The van der Waals surface area contributed by atoms with Crippen LogP contribution in [0.3, 0.4) is 0 Å². The molecule has 0 aliphatic rings. The number of hydrogen-bond acceptors (Lipinski definition) is 4. The van der Waals surface area contributed by atoms with Crippen molar-refractivity contribution in [2.75, 3.05) is 12.8 Å². The molecule has 0 aliphatic heterocycles. The minimum atomic E-state index is -3.92. The van der Waals surface area contributed by atoms with Crippen LogP contribution in [0.25, 0.3) is 0 Å². The molecule has 7 heteroatoms. The topological polar surface area (TPSA) is 86.3 Å². The zero-order valence-corrected chi connectivity index (χ0v) is 11.6. The van der Waals surface area contributed by atoms with Gasteiger partial charge >= 0.3 is 29.6 Å². The summed E-state index contributed by atoms with van der Waals surface area (Å²) in [5.41, 5.74) is 0. The summed E-state index contributed by atoms with van der Waals surface area (Å²) in [6.07, 6.45) is 1.63. The largest absolute Gasteiger partial charge is 1.00 e. The zero-order valence-electron chi connectivity index (χ0n) is 8.74. The Balaban J connectivity index is -0.000000163. The predicted molar refractivity (Wildman–Crippen MR) is 49.1 cm³/mol. The molecule has 0 spiro atoms. The van der Waals surface area contributed by atoms with Gasteiger partial charge in [-0.15, -0.1) is 0 Å². The number of rotatable bonds is 3. The molecule has 0 aromatic carbocycles. The minimum Gasteiger partial charge on any atom is -0.748 e. The van der Waals surface area contributed by atoms with Crippen LogP contribution in [0.15, 0.2) is 12.7 Å². The van der Waals surface area contributed by atoms with Gasteiger partial charge in [-0.25, -0.2) is 8.42 Å². The first-order valence-electron chi connectivity index (χ1n) is 3.65. The first-order valence-corrected chi connectivity index (χ1v) is 5.22. The van der Waals surface area contributed by atoms with E-state index in [9.17, 15) is 17.8 Å². The Labute approximate surface area is 107 Å². The van der Waals surface area contributed by atoms with E-state index in [1.54, 1.807) is 14.0 Å². The fourth-order valence-electron chi connectivity index (χ4n) is 0.352. The maximum Gasteiger partial charge on any atom is 1.00 e. The van der Waals surface area contributed by atoms with Crippen LogP contribution in [0.4, 0.5) is 0 Å². The fourth-order valence-corrected chi connectivity index (χ4v) is 0.852. The molecule has 1 amide bonds. The molecular formula is C7H14NNaO4S. The van der Waals surface area contributed by atoms with Crippen molar-refractivity contribution in [1.82, 2.24) is 5.32 Å². The molecule has 1 N–H and O–H groups in total. The Morgan fingerprint density at radius 3 is 2.00 bits per heavy atom. The first kappa shape index (κ1) is 19.7. The van der Waals surface area contributed by atoms with Crippen molar-refractivity contribution in [2.45, 2.75) is 13.3 Å². The Hall–Kier alpha value is 0.120. The van der Waals surface area contributed by atoms with Crippen LogP contribution in [0.1, 0.15) is 13.3 Å². The Bertz CT molecular complexity index is 250. The quantitative estimate of drug-likeness (QED) is 0.316. The van der Waals surface area contributed by atoms with Gasteiger partial charge in [0.05, 0.1) is 10.1 Å². The van der Waals surface area contributed by atoms with Crippen LogP contribution in [0.2, 0.25) is 0 Å². The van der Waals surface area contributed by atoms with Gasteiger partial charge < -0.3 is 9.87 Å². The van der Waals surface area contributed by atoms with Gasteiger partial charge in [0, 0.05) is 12.8 Å². The molecule has 0 bridgehead atoms. The van der Waals surface area contributed by atoms with Crippen molar-refractivity contribution >= 4 is 16.0 Å². The number of amides is 1. The summed E-state index contributed by atoms with van der Waals surface area (Å²) in [7, 11) is -2.36. The van der Waals surface area contributed by atoms with Crippen LogP contribution in [0, 0.1) is 0 Å². The van der Waals surface area contributed by atoms with Gasteiger partial charge in [0.2, 0.25) is 5.91 Å². The SMILES string of the molecule is C=CC(=O)NC.CCCS(=O)(=O)[O-].[Na+]. The average molecular weight is 231 g/mol. The van der Waals surface area contributed by atoms with Crippen LogP contribution >= 0.6 is 0 Å². The molecule has 0 heterocycles. The maximum absolute atomic E-state index is 9.95. The second kappa shape index (κ2) is 11.2. The Kier molecular flexibility index (Phi) is 15.7. The number of carbonyl (C=O) groups excluding carboxylic acids is 1. The Morgan fingerprint density at radius 2 is 2.00 bits per heavy atom. The Morgan fingerprint density at radius 1 is 1.57 bits per heavy atom. The molecule has 0 atom stereocenters. The molecule has 0 unspecified atom stereocenters. The molecular weight excluding hydrogens is 217 g/mol. The van der Waals surface area contributed by atoms with Gasteiger partial charge in [-0.3, -0.25) is 4.79 Å². The van der Waals surface area contributed by atoms with E-state index in [4.69, 9.17) is 0 Å². The van der Waals surface area contributed by atoms with E-state index >= 15 is 0 Å². The van der Waals surface area contributed by atoms with Crippen molar-refractivity contribution in [3.05, 3.63) is 12.7 Å². The molecule has 78 valence electrons. The normalized spacial score (nSPS) is 8.79. The standard InChI is InChI=1S/C4H7NO.C3H8O3S.Na/c1-3-4(6)5-2;1-2-3-7(4,5)6;/h3H,1H2,2H3,(H,5,6);2-3H2,1H3,(H,4,5,6);/q;;+1/p-1. The van der Waals surface area contributed by atoms with Crippen LogP contribution in [-0.2, 0) is 14.9 Å². The van der Waals surface area contributed by atoms with Gasteiger partial charge in [0.1, 0.15) is 0 Å². The average Bonchev–Trinajstić information content (AvgIpc) is 2.02. The third kappa shape index (κ3) is 22.7. The molecule has 0 fully saturated rings. The van der Waals surface area contributed by atoms with E-state index < -0.39 is 10.1 Å². The van der Waals surface area contributed by atoms with Gasteiger partial charge in [-0.1, -0.05) is 13.5 Å². The molecule has 0 aliphatic carbocycles. The molecule has 0 aromatic heterocycles. The van der Waals surface area contributed by atoms with E-state index in [1.165, 1.54) is 6.08 Å². The van der Waals surface area contributed by atoms with E-state index in [0.717, 1.165) is 0 Å². The van der Waals surface area contributed by atoms with Gasteiger partial charge in [-0.2, -0.15) is 0 Å². The van der Waals surface area contributed by atoms with Crippen molar-refractivity contribution in [1.29, 1.82) is 0 Å². The summed E-state index contributed by atoms with van der Waals surface area (Å²) in [6.45, 7) is 4.87. The summed E-state index contributed by atoms with van der Waals surface area (Å²) >= 11 is 0. The van der Waals surface area contributed by atoms with E-state index in [0.29, 0.717) is 6.42 Å². The van der Waals surface area contributed by atoms with Crippen molar-refractivity contribution in [3.63, 3.8) is 0 Å². The van der Waals surface area contributed by atoms with Crippen molar-refractivity contribution in [3.8, 4) is 0 Å². The number of carbonyl (C=O) groups is 1. The van der Waals surface area contributed by atoms with Gasteiger partial charge in [0.25, 0.3) is 0 Å². The zero-order chi connectivity index (χ0) is 10.9. The molecule has 0 saturated carbocycles. The molecule has 14 heavy (non-hydrogen) atoms. The second-order valence-corrected chi connectivity index (χ2v) is 3.60. The molecule has 0 radical (unpaired) electrons. The summed E-state index contributed by atoms with van der Waals surface area (Å²) < 4.78 is 29.0. The van der Waals surface area contributed by atoms with E-state index in [1.807, 2.05) is 0 Å². The summed E-state index contributed by atoms with van der Waals surface area (Å²) in [5.74, 6) is -0.387. The van der Waals surface area contributed by atoms with Gasteiger partial charge in [0.15, 0.2) is 0 Å². The second-order valence-electron chi connectivity index (χ2n) is 2.08. The monoisotopic (exact) mass is 231 g/mol. The summed E-state index contributed by atoms with van der Waals surface area (Å²) in [5, 5.41) is 2.36. The van der Waals surface area contributed by atoms with E-state index in [-0.39, 0.29) is 41.2 Å².